The number of nitrogens with one attached hydrogen (secondary N) is 1. The summed E-state index contributed by atoms with van der Waals surface area (Å²) in [5.74, 6) is 1.70. The van der Waals surface area contributed by atoms with Gasteiger partial charge in [-0.1, -0.05) is 13.8 Å². The van der Waals surface area contributed by atoms with Crippen LogP contribution in [0.3, 0.4) is 0 Å². The summed E-state index contributed by atoms with van der Waals surface area (Å²) in [6.07, 6.45) is 6.29. The van der Waals surface area contributed by atoms with Gasteiger partial charge in [-0.15, -0.1) is 0 Å². The Morgan fingerprint density at radius 1 is 1.35 bits per heavy atom. The lowest BCUT2D eigenvalue weighted by molar-refractivity contribution is 0.420. The van der Waals surface area contributed by atoms with E-state index in [1.54, 1.807) is 0 Å². The molecule has 1 aromatic rings. The molecule has 1 N–H and O–H groups in total. The second-order valence-corrected chi connectivity index (χ2v) is 7.12. The Morgan fingerprint density at radius 2 is 2.10 bits per heavy atom. The Morgan fingerprint density at radius 3 is 2.75 bits per heavy atom. The third-order valence-electron chi connectivity index (χ3n) is 3.83. The number of anilines is 1. The Hall–Kier alpha value is -1.16. The molecule has 1 aliphatic rings. The van der Waals surface area contributed by atoms with Crippen LogP contribution < -0.4 is 10.2 Å². The van der Waals surface area contributed by atoms with Crippen LogP contribution in [0.4, 0.5) is 5.82 Å². The molecule has 0 aliphatic carbocycles. The van der Waals surface area contributed by atoms with Gasteiger partial charge in [-0.3, -0.25) is 4.98 Å². The van der Waals surface area contributed by atoms with Crippen LogP contribution >= 0.6 is 0 Å². The molecule has 1 aromatic heterocycles. The van der Waals surface area contributed by atoms with Crippen LogP contribution in [0.5, 0.6) is 0 Å². The van der Waals surface area contributed by atoms with E-state index in [1.165, 1.54) is 12.8 Å². The maximum atomic E-state index is 4.79. The highest BCUT2D eigenvalue weighted by Gasteiger charge is 2.28. The molecule has 0 bridgehead atoms. The van der Waals surface area contributed by atoms with Crippen LogP contribution in [-0.2, 0) is 6.54 Å². The summed E-state index contributed by atoms with van der Waals surface area (Å²) >= 11 is 0. The largest absolute Gasteiger partial charge is 0.352 e. The van der Waals surface area contributed by atoms with Crippen LogP contribution in [0.15, 0.2) is 12.4 Å². The van der Waals surface area contributed by atoms with Crippen LogP contribution in [0.2, 0.25) is 0 Å². The average Bonchev–Trinajstić information content (AvgIpc) is 2.85. The Kier molecular flexibility index (Phi) is 4.63. The predicted molar refractivity (Wildman–Crippen MR) is 83.8 cm³/mol. The van der Waals surface area contributed by atoms with E-state index in [0.717, 1.165) is 24.6 Å². The van der Waals surface area contributed by atoms with Crippen molar-refractivity contribution in [3.8, 4) is 0 Å². The molecule has 0 aromatic carbocycles. The summed E-state index contributed by atoms with van der Waals surface area (Å²) in [6.45, 7) is 13.0. The molecule has 1 aliphatic heterocycles. The zero-order chi connectivity index (χ0) is 14.8. The standard InChI is InChI=1S/C16H28N4/c1-12(2)14-7-6-8-20(14)15-11-17-9-13(19-15)10-18-16(3,4)5/h9,11-12,14,18H,6-8,10H2,1-5H3. The van der Waals surface area contributed by atoms with Gasteiger partial charge in [0.2, 0.25) is 0 Å². The van der Waals surface area contributed by atoms with Gasteiger partial charge >= 0.3 is 0 Å². The minimum Gasteiger partial charge on any atom is -0.352 e. The Balaban J connectivity index is 2.09. The monoisotopic (exact) mass is 276 g/mol. The fraction of sp³-hybridized carbons (Fsp3) is 0.750. The third kappa shape index (κ3) is 3.92. The van der Waals surface area contributed by atoms with Gasteiger partial charge in [-0.2, -0.15) is 0 Å². The molecular formula is C16H28N4. The van der Waals surface area contributed by atoms with Gasteiger partial charge in [0.25, 0.3) is 0 Å². The Labute approximate surface area is 123 Å². The number of aromatic nitrogens is 2. The van der Waals surface area contributed by atoms with Gasteiger partial charge in [0.05, 0.1) is 11.9 Å². The molecule has 4 nitrogen and oxygen atoms in total. The van der Waals surface area contributed by atoms with E-state index in [4.69, 9.17) is 4.98 Å². The van der Waals surface area contributed by atoms with Crippen molar-refractivity contribution in [2.24, 2.45) is 5.92 Å². The number of nitrogens with zero attached hydrogens (tertiary/aromatic N) is 3. The van der Waals surface area contributed by atoms with E-state index in [-0.39, 0.29) is 5.54 Å². The first-order valence-electron chi connectivity index (χ1n) is 7.69. The molecule has 1 saturated heterocycles. The van der Waals surface area contributed by atoms with E-state index in [1.807, 2.05) is 12.4 Å². The maximum absolute atomic E-state index is 4.79. The zero-order valence-electron chi connectivity index (χ0n) is 13.5. The van der Waals surface area contributed by atoms with Gasteiger partial charge in [0, 0.05) is 30.9 Å². The lowest BCUT2D eigenvalue weighted by Gasteiger charge is -2.28. The summed E-state index contributed by atoms with van der Waals surface area (Å²) < 4.78 is 0. The highest BCUT2D eigenvalue weighted by Crippen LogP contribution is 2.28. The SMILES string of the molecule is CC(C)C1CCCN1c1cncc(CNC(C)(C)C)n1. The van der Waals surface area contributed by atoms with Crippen LogP contribution in [0.25, 0.3) is 0 Å². The van der Waals surface area contributed by atoms with Crippen molar-refractivity contribution in [1.82, 2.24) is 15.3 Å². The lowest BCUT2D eigenvalue weighted by atomic mass is 10.0. The molecular weight excluding hydrogens is 248 g/mol. The van der Waals surface area contributed by atoms with Crippen molar-refractivity contribution >= 4 is 5.82 Å². The number of hydrogen-bond acceptors (Lipinski definition) is 4. The van der Waals surface area contributed by atoms with Gasteiger partial charge in [0.15, 0.2) is 0 Å². The van der Waals surface area contributed by atoms with Crippen molar-refractivity contribution < 1.29 is 0 Å². The zero-order valence-corrected chi connectivity index (χ0v) is 13.5. The second-order valence-electron chi connectivity index (χ2n) is 7.12. The molecule has 0 amide bonds. The summed E-state index contributed by atoms with van der Waals surface area (Å²) in [7, 11) is 0. The molecule has 112 valence electrons. The van der Waals surface area contributed by atoms with Gasteiger partial charge in [-0.25, -0.2) is 4.98 Å². The van der Waals surface area contributed by atoms with Crippen molar-refractivity contribution in [3.05, 3.63) is 18.1 Å². The fourth-order valence-corrected chi connectivity index (χ4v) is 2.74. The van der Waals surface area contributed by atoms with E-state index in [9.17, 15) is 0 Å². The van der Waals surface area contributed by atoms with Crippen molar-refractivity contribution in [1.29, 1.82) is 0 Å². The minimum absolute atomic E-state index is 0.103. The molecule has 1 atom stereocenters. The van der Waals surface area contributed by atoms with Crippen molar-refractivity contribution in [3.63, 3.8) is 0 Å². The molecule has 0 saturated carbocycles. The van der Waals surface area contributed by atoms with E-state index < -0.39 is 0 Å². The number of rotatable bonds is 4. The smallest absolute Gasteiger partial charge is 0.147 e. The van der Waals surface area contributed by atoms with Gasteiger partial charge in [0.1, 0.15) is 5.82 Å². The molecule has 2 rings (SSSR count). The minimum atomic E-state index is 0.103. The maximum Gasteiger partial charge on any atom is 0.147 e. The molecule has 1 fully saturated rings. The fourth-order valence-electron chi connectivity index (χ4n) is 2.74. The molecule has 0 radical (unpaired) electrons. The summed E-state index contributed by atoms with van der Waals surface area (Å²) in [5, 5.41) is 3.47. The quantitative estimate of drug-likeness (QED) is 0.918. The molecule has 20 heavy (non-hydrogen) atoms. The normalized spacial score (nSPS) is 19.9. The van der Waals surface area contributed by atoms with Crippen molar-refractivity contribution in [2.45, 2.75) is 65.6 Å². The average molecular weight is 276 g/mol. The van der Waals surface area contributed by atoms with Crippen LogP contribution in [0, 0.1) is 5.92 Å². The first-order valence-corrected chi connectivity index (χ1v) is 7.69. The van der Waals surface area contributed by atoms with Crippen LogP contribution in [-0.4, -0.2) is 28.1 Å². The molecule has 2 heterocycles. The molecule has 4 heteroatoms. The summed E-state index contributed by atoms with van der Waals surface area (Å²) in [5.41, 5.74) is 1.12. The second kappa shape index (κ2) is 6.08. The van der Waals surface area contributed by atoms with E-state index >= 15 is 0 Å². The third-order valence-corrected chi connectivity index (χ3v) is 3.83. The molecule has 0 spiro atoms. The summed E-state index contributed by atoms with van der Waals surface area (Å²) in [6, 6.07) is 0.607. The first kappa shape index (κ1) is 15.2. The van der Waals surface area contributed by atoms with E-state index in [2.05, 4.69) is 49.8 Å². The molecule has 1 unspecified atom stereocenters. The number of hydrogen-bond donors (Lipinski definition) is 1. The van der Waals surface area contributed by atoms with E-state index in [0.29, 0.717) is 12.0 Å². The summed E-state index contributed by atoms with van der Waals surface area (Å²) in [4.78, 5) is 11.6. The predicted octanol–water partition coefficient (Wildman–Crippen LogP) is 2.99. The highest BCUT2D eigenvalue weighted by molar-refractivity contribution is 5.39. The first-order chi connectivity index (χ1) is 9.37. The van der Waals surface area contributed by atoms with Gasteiger partial charge < -0.3 is 10.2 Å². The Bertz CT molecular complexity index is 436. The van der Waals surface area contributed by atoms with Crippen molar-refractivity contribution in [2.75, 3.05) is 11.4 Å². The topological polar surface area (TPSA) is 41.1 Å². The lowest BCUT2D eigenvalue weighted by Crippen LogP contribution is -2.36. The van der Waals surface area contributed by atoms with Crippen LogP contribution in [0.1, 0.15) is 53.2 Å². The highest BCUT2D eigenvalue weighted by atomic mass is 15.2. The van der Waals surface area contributed by atoms with Gasteiger partial charge in [-0.05, 0) is 39.5 Å².